The molecule has 2 N–H and O–H groups in total. The Hall–Kier alpha value is -0.930. The van der Waals surface area contributed by atoms with Gasteiger partial charge < -0.3 is 5.73 Å². The summed E-state index contributed by atoms with van der Waals surface area (Å²) in [5.74, 6) is 3.62. The maximum absolute atomic E-state index is 6.38. The third-order valence-corrected chi connectivity index (χ3v) is 6.71. The molecule has 0 radical (unpaired) electrons. The van der Waals surface area contributed by atoms with Gasteiger partial charge in [-0.3, -0.25) is 9.88 Å². The lowest BCUT2D eigenvalue weighted by Crippen LogP contribution is -2.68. The van der Waals surface area contributed by atoms with Crippen molar-refractivity contribution < 1.29 is 0 Å². The van der Waals surface area contributed by atoms with Crippen molar-refractivity contribution in [2.75, 3.05) is 13.6 Å². The van der Waals surface area contributed by atoms with Gasteiger partial charge in [-0.15, -0.1) is 0 Å². The molecule has 0 saturated heterocycles. The van der Waals surface area contributed by atoms with E-state index in [0.717, 1.165) is 36.8 Å². The first-order valence-corrected chi connectivity index (χ1v) is 8.53. The minimum absolute atomic E-state index is 0.227. The van der Waals surface area contributed by atoms with Gasteiger partial charge in [0.25, 0.3) is 0 Å². The monoisotopic (exact) mass is 285 g/mol. The predicted octanol–water partition coefficient (Wildman–Crippen LogP) is 2.67. The highest BCUT2D eigenvalue weighted by Crippen LogP contribution is 2.59. The zero-order valence-electron chi connectivity index (χ0n) is 13.0. The lowest BCUT2D eigenvalue weighted by Gasteiger charge is -2.64. The molecule has 0 unspecified atom stereocenters. The molecule has 1 heterocycles. The molecule has 1 aromatic rings. The summed E-state index contributed by atoms with van der Waals surface area (Å²) in [6.45, 7) is 1.74. The minimum atomic E-state index is 0.227. The van der Waals surface area contributed by atoms with E-state index in [9.17, 15) is 0 Å². The quantitative estimate of drug-likeness (QED) is 0.925. The zero-order chi connectivity index (χ0) is 14.4. The van der Waals surface area contributed by atoms with E-state index in [1.807, 2.05) is 12.3 Å². The highest BCUT2D eigenvalue weighted by molar-refractivity contribution is 5.13. The normalized spacial score (nSPS) is 40.9. The number of nitrogens with zero attached hydrogens (tertiary/aromatic N) is 2. The Morgan fingerprint density at radius 3 is 2.33 bits per heavy atom. The fraction of sp³-hybridized carbons (Fsp3) is 0.722. The van der Waals surface area contributed by atoms with Gasteiger partial charge in [0.05, 0.1) is 5.69 Å². The van der Waals surface area contributed by atoms with Crippen LogP contribution >= 0.6 is 0 Å². The summed E-state index contributed by atoms with van der Waals surface area (Å²) in [4.78, 5) is 7.07. The summed E-state index contributed by atoms with van der Waals surface area (Å²) in [7, 11) is 2.28. The predicted molar refractivity (Wildman–Crippen MR) is 84.5 cm³/mol. The number of aromatic nitrogens is 1. The van der Waals surface area contributed by atoms with Gasteiger partial charge in [-0.1, -0.05) is 6.07 Å². The minimum Gasteiger partial charge on any atom is -0.329 e. The van der Waals surface area contributed by atoms with Crippen LogP contribution in [0.3, 0.4) is 0 Å². The van der Waals surface area contributed by atoms with Crippen LogP contribution < -0.4 is 5.73 Å². The van der Waals surface area contributed by atoms with Crippen LogP contribution in [0.5, 0.6) is 0 Å². The van der Waals surface area contributed by atoms with Crippen molar-refractivity contribution in [1.82, 2.24) is 9.88 Å². The van der Waals surface area contributed by atoms with E-state index in [2.05, 4.69) is 29.1 Å². The number of nitrogens with two attached hydrogens (primary N) is 1. The molecule has 4 bridgehead atoms. The first-order valence-electron chi connectivity index (χ1n) is 8.53. The Kier molecular flexibility index (Phi) is 3.31. The molecule has 3 heteroatoms. The fourth-order valence-corrected chi connectivity index (χ4v) is 5.99. The van der Waals surface area contributed by atoms with Gasteiger partial charge in [0.1, 0.15) is 0 Å². The molecule has 4 aliphatic carbocycles. The summed E-state index contributed by atoms with van der Waals surface area (Å²) in [6, 6.07) is 6.21. The third kappa shape index (κ3) is 2.05. The number of hydrogen-bond acceptors (Lipinski definition) is 3. The van der Waals surface area contributed by atoms with Crippen molar-refractivity contribution in [2.45, 2.75) is 44.2 Å². The van der Waals surface area contributed by atoms with Gasteiger partial charge in [-0.25, -0.2) is 0 Å². The number of rotatable bonds is 4. The molecule has 0 amide bonds. The van der Waals surface area contributed by atoms with Crippen molar-refractivity contribution in [1.29, 1.82) is 0 Å². The van der Waals surface area contributed by atoms with Gasteiger partial charge in [0.15, 0.2) is 0 Å². The molecule has 3 nitrogen and oxygen atoms in total. The van der Waals surface area contributed by atoms with Crippen molar-refractivity contribution in [3.63, 3.8) is 0 Å². The molecular weight excluding hydrogens is 258 g/mol. The van der Waals surface area contributed by atoms with Crippen molar-refractivity contribution in [2.24, 2.45) is 29.4 Å². The van der Waals surface area contributed by atoms with Crippen LogP contribution in [0, 0.1) is 23.7 Å². The molecule has 114 valence electrons. The summed E-state index contributed by atoms with van der Waals surface area (Å²) in [5.41, 5.74) is 7.78. The number of pyridine rings is 1. The molecule has 4 aliphatic rings. The first-order chi connectivity index (χ1) is 10.2. The molecule has 4 saturated carbocycles. The molecule has 5 rings (SSSR count). The molecule has 0 aromatic carbocycles. The van der Waals surface area contributed by atoms with Crippen LogP contribution in [-0.2, 0) is 6.54 Å². The van der Waals surface area contributed by atoms with Crippen molar-refractivity contribution in [3.05, 3.63) is 30.1 Å². The lowest BCUT2D eigenvalue weighted by atomic mass is 9.48. The third-order valence-electron chi connectivity index (χ3n) is 6.71. The van der Waals surface area contributed by atoms with E-state index < -0.39 is 0 Å². The average molecular weight is 285 g/mol. The smallest absolute Gasteiger partial charge is 0.0544 e. The number of likely N-dealkylation sites (N-methyl/N-ethyl adjacent to an activating group) is 1. The molecule has 0 spiro atoms. The summed E-state index contributed by atoms with van der Waals surface area (Å²) in [5, 5.41) is 0. The van der Waals surface area contributed by atoms with Crippen LogP contribution in [0.2, 0.25) is 0 Å². The van der Waals surface area contributed by atoms with E-state index in [4.69, 9.17) is 5.73 Å². The SMILES string of the molecule is CN(Cc1ccccn1)C1(CN)C2CC3CC(C2)CC1C3. The molecular formula is C18H27N3. The Labute approximate surface area is 127 Å². The van der Waals surface area contributed by atoms with Crippen molar-refractivity contribution in [3.8, 4) is 0 Å². The summed E-state index contributed by atoms with van der Waals surface area (Å²) in [6.07, 6.45) is 9.05. The molecule has 4 fully saturated rings. The van der Waals surface area contributed by atoms with E-state index >= 15 is 0 Å². The van der Waals surface area contributed by atoms with E-state index in [1.165, 1.54) is 37.8 Å². The molecule has 0 atom stereocenters. The molecule has 1 aromatic heterocycles. The molecule has 21 heavy (non-hydrogen) atoms. The largest absolute Gasteiger partial charge is 0.329 e. The highest BCUT2D eigenvalue weighted by atomic mass is 15.2. The van der Waals surface area contributed by atoms with Crippen LogP contribution in [-0.4, -0.2) is 29.0 Å². The van der Waals surface area contributed by atoms with E-state index in [0.29, 0.717) is 0 Å². The van der Waals surface area contributed by atoms with Gasteiger partial charge in [0, 0.05) is 24.8 Å². The maximum atomic E-state index is 6.38. The Balaban J connectivity index is 1.61. The standard InChI is InChI=1S/C18H27N3/c1-21(11-17-4-2-3-5-20-17)18(12-19)15-7-13-6-14(9-15)10-16(18)8-13/h2-5,13-16H,6-12,19H2,1H3. The Morgan fingerprint density at radius 2 is 1.81 bits per heavy atom. The lowest BCUT2D eigenvalue weighted by molar-refractivity contribution is -0.126. The Morgan fingerprint density at radius 1 is 1.14 bits per heavy atom. The van der Waals surface area contributed by atoms with Gasteiger partial charge in [-0.05, 0) is 75.0 Å². The zero-order valence-corrected chi connectivity index (χ0v) is 13.0. The van der Waals surface area contributed by atoms with Crippen LogP contribution in [0.25, 0.3) is 0 Å². The topological polar surface area (TPSA) is 42.2 Å². The fourth-order valence-electron chi connectivity index (χ4n) is 5.99. The second-order valence-corrected chi connectivity index (χ2v) is 7.68. The van der Waals surface area contributed by atoms with E-state index in [-0.39, 0.29) is 5.54 Å². The van der Waals surface area contributed by atoms with Crippen LogP contribution in [0.15, 0.2) is 24.4 Å². The van der Waals surface area contributed by atoms with Gasteiger partial charge in [-0.2, -0.15) is 0 Å². The number of hydrogen-bond donors (Lipinski definition) is 1. The first kappa shape index (κ1) is 13.7. The summed E-state index contributed by atoms with van der Waals surface area (Å²) >= 11 is 0. The second-order valence-electron chi connectivity index (χ2n) is 7.68. The highest BCUT2D eigenvalue weighted by Gasteiger charge is 2.58. The molecule has 0 aliphatic heterocycles. The van der Waals surface area contributed by atoms with Crippen LogP contribution in [0.1, 0.15) is 37.8 Å². The average Bonchev–Trinajstić information content (AvgIpc) is 2.48. The van der Waals surface area contributed by atoms with Gasteiger partial charge in [0.2, 0.25) is 0 Å². The maximum Gasteiger partial charge on any atom is 0.0544 e. The van der Waals surface area contributed by atoms with Gasteiger partial charge >= 0.3 is 0 Å². The van der Waals surface area contributed by atoms with Crippen LogP contribution in [0.4, 0.5) is 0 Å². The van der Waals surface area contributed by atoms with Crippen molar-refractivity contribution >= 4 is 0 Å². The van der Waals surface area contributed by atoms with E-state index in [1.54, 1.807) is 0 Å². The second kappa shape index (κ2) is 5.06. The Bertz CT molecular complexity index is 470. The summed E-state index contributed by atoms with van der Waals surface area (Å²) < 4.78 is 0.